The van der Waals surface area contributed by atoms with Crippen LogP contribution in [0, 0.1) is 0 Å². The van der Waals surface area contributed by atoms with Crippen molar-refractivity contribution in [2.75, 3.05) is 17.7 Å². The van der Waals surface area contributed by atoms with Crippen molar-refractivity contribution < 1.29 is 14.3 Å². The van der Waals surface area contributed by atoms with Gasteiger partial charge in [0.05, 0.1) is 24.5 Å². The number of aliphatic hydroxyl groups excluding tert-OH is 1. The van der Waals surface area contributed by atoms with Crippen molar-refractivity contribution in [3.63, 3.8) is 0 Å². The molecule has 12 nitrogen and oxygen atoms in total. The molecule has 0 bridgehead atoms. The van der Waals surface area contributed by atoms with Crippen molar-refractivity contribution in [3.05, 3.63) is 59.1 Å². The van der Waals surface area contributed by atoms with Crippen LogP contribution in [-0.4, -0.2) is 54.4 Å². The summed E-state index contributed by atoms with van der Waals surface area (Å²) in [7, 11) is 1.71. The lowest BCUT2D eigenvalue weighted by Crippen LogP contribution is -2.50. The number of hydrogen-bond acceptors (Lipinski definition) is 9. The number of carbonyl (C=O) groups is 1. The van der Waals surface area contributed by atoms with Crippen LogP contribution in [0.3, 0.4) is 0 Å². The van der Waals surface area contributed by atoms with Crippen molar-refractivity contribution >= 4 is 28.9 Å². The number of nitrogens with one attached hydrogen (secondary N) is 3. The lowest BCUT2D eigenvalue weighted by molar-refractivity contribution is 0.0448. The number of aromatic nitrogens is 5. The maximum atomic E-state index is 12.9. The van der Waals surface area contributed by atoms with Gasteiger partial charge >= 0.3 is 0 Å². The SMILES string of the molecule is CNc1cc(Nc2cccn(-c3cnco3)c2=O)nc2c(C(=O)N[C@H]3CC[C@H]3O)cnn12. The standard InChI is InChI=1S/C20H20N8O4/c1-21-16-7-15(24-13-3-2-6-27(20(13)31)17-9-22-10-32-17)26-18-11(8-23-28(16)18)19(30)25-12-4-5-14(12)29/h2-3,6-10,12,14,21,29H,4-5H2,1H3,(H,24,26)(H,25,30)/t12-,14+/m0/s1. The van der Waals surface area contributed by atoms with Gasteiger partial charge in [-0.3, -0.25) is 14.2 Å². The normalized spacial score (nSPS) is 17.7. The molecule has 1 fully saturated rings. The summed E-state index contributed by atoms with van der Waals surface area (Å²) >= 11 is 0. The number of anilines is 3. The molecule has 1 amide bonds. The Morgan fingerprint density at radius 3 is 2.88 bits per heavy atom. The second-order valence-electron chi connectivity index (χ2n) is 7.36. The van der Waals surface area contributed by atoms with E-state index in [0.717, 1.165) is 6.42 Å². The Hall–Kier alpha value is -4.19. The summed E-state index contributed by atoms with van der Waals surface area (Å²) in [6.07, 6.45) is 6.52. The lowest BCUT2D eigenvalue weighted by Gasteiger charge is -2.32. The van der Waals surface area contributed by atoms with Crippen LogP contribution in [0.1, 0.15) is 23.2 Å². The molecule has 4 aromatic heterocycles. The third-order valence-electron chi connectivity index (χ3n) is 5.39. The van der Waals surface area contributed by atoms with E-state index in [9.17, 15) is 14.7 Å². The monoisotopic (exact) mass is 436 g/mol. The van der Waals surface area contributed by atoms with E-state index < -0.39 is 6.10 Å². The first-order valence-corrected chi connectivity index (χ1v) is 9.98. The molecule has 0 radical (unpaired) electrons. The number of aliphatic hydroxyl groups is 1. The summed E-state index contributed by atoms with van der Waals surface area (Å²) in [6.45, 7) is 0. The van der Waals surface area contributed by atoms with E-state index in [2.05, 4.69) is 31.0 Å². The summed E-state index contributed by atoms with van der Waals surface area (Å²) in [6, 6.07) is 4.69. The highest BCUT2D eigenvalue weighted by molar-refractivity contribution is 6.00. The molecule has 1 saturated carbocycles. The van der Waals surface area contributed by atoms with E-state index in [1.807, 2.05) is 0 Å². The molecule has 0 spiro atoms. The predicted octanol–water partition coefficient (Wildman–Crippen LogP) is 0.907. The van der Waals surface area contributed by atoms with Gasteiger partial charge in [0, 0.05) is 19.3 Å². The zero-order chi connectivity index (χ0) is 22.2. The van der Waals surface area contributed by atoms with Gasteiger partial charge < -0.3 is 25.5 Å². The Kier molecular flexibility index (Phi) is 4.82. The maximum Gasteiger partial charge on any atom is 0.281 e. The summed E-state index contributed by atoms with van der Waals surface area (Å²) in [5.74, 6) is 0.813. The van der Waals surface area contributed by atoms with Gasteiger partial charge in [-0.25, -0.2) is 9.97 Å². The van der Waals surface area contributed by atoms with Crippen LogP contribution in [0.25, 0.3) is 11.5 Å². The number of hydrogen-bond donors (Lipinski definition) is 4. The second kappa shape index (κ2) is 7.81. The van der Waals surface area contributed by atoms with E-state index in [1.165, 1.54) is 27.9 Å². The number of pyridine rings is 1. The van der Waals surface area contributed by atoms with Gasteiger partial charge in [0.2, 0.25) is 5.88 Å². The summed E-state index contributed by atoms with van der Waals surface area (Å²) < 4.78 is 8.02. The maximum absolute atomic E-state index is 12.9. The highest BCUT2D eigenvalue weighted by Gasteiger charge is 2.31. The van der Waals surface area contributed by atoms with E-state index in [0.29, 0.717) is 23.7 Å². The van der Waals surface area contributed by atoms with Gasteiger partial charge in [0.15, 0.2) is 12.0 Å². The molecule has 4 N–H and O–H groups in total. The molecular weight excluding hydrogens is 416 g/mol. The van der Waals surface area contributed by atoms with Gasteiger partial charge in [-0.1, -0.05) is 0 Å². The van der Waals surface area contributed by atoms with Crippen LogP contribution in [0.2, 0.25) is 0 Å². The minimum Gasteiger partial charge on any atom is -0.427 e. The second-order valence-corrected chi connectivity index (χ2v) is 7.36. The number of fused-ring (bicyclic) bond motifs is 1. The molecule has 2 atom stereocenters. The highest BCUT2D eigenvalue weighted by Crippen LogP contribution is 2.23. The molecule has 0 aliphatic heterocycles. The first-order valence-electron chi connectivity index (χ1n) is 9.98. The zero-order valence-corrected chi connectivity index (χ0v) is 17.0. The number of rotatable bonds is 6. The summed E-state index contributed by atoms with van der Waals surface area (Å²) in [5.41, 5.74) is 0.460. The van der Waals surface area contributed by atoms with Gasteiger partial charge in [0.1, 0.15) is 22.9 Å². The summed E-state index contributed by atoms with van der Waals surface area (Å²) in [5, 5.41) is 22.8. The van der Waals surface area contributed by atoms with Gasteiger partial charge in [0.25, 0.3) is 11.5 Å². The molecule has 12 heteroatoms. The molecule has 0 saturated heterocycles. The van der Waals surface area contributed by atoms with Gasteiger partial charge in [-0.15, -0.1) is 0 Å². The molecule has 1 aliphatic carbocycles. The minimum absolute atomic E-state index is 0.255. The molecule has 1 aliphatic rings. The highest BCUT2D eigenvalue weighted by atomic mass is 16.4. The van der Waals surface area contributed by atoms with Crippen LogP contribution >= 0.6 is 0 Å². The fourth-order valence-electron chi connectivity index (χ4n) is 3.49. The van der Waals surface area contributed by atoms with Crippen molar-refractivity contribution in [2.45, 2.75) is 25.0 Å². The van der Waals surface area contributed by atoms with E-state index in [4.69, 9.17) is 4.42 Å². The van der Waals surface area contributed by atoms with Crippen LogP contribution < -0.4 is 21.5 Å². The number of carbonyl (C=O) groups excluding carboxylic acids is 1. The smallest absolute Gasteiger partial charge is 0.281 e. The Balaban J connectivity index is 1.50. The number of amides is 1. The topological polar surface area (TPSA) is 152 Å². The number of nitrogens with zero attached hydrogens (tertiary/aromatic N) is 5. The fourth-order valence-corrected chi connectivity index (χ4v) is 3.49. The third-order valence-corrected chi connectivity index (χ3v) is 5.39. The molecule has 4 heterocycles. The van der Waals surface area contributed by atoms with Gasteiger partial charge in [-0.2, -0.15) is 9.61 Å². The van der Waals surface area contributed by atoms with Crippen LogP contribution in [0.4, 0.5) is 17.3 Å². The Morgan fingerprint density at radius 1 is 1.31 bits per heavy atom. The van der Waals surface area contributed by atoms with Crippen LogP contribution in [0.15, 0.2) is 52.4 Å². The minimum atomic E-state index is -0.538. The molecule has 0 aromatic carbocycles. The van der Waals surface area contributed by atoms with Crippen molar-refractivity contribution in [1.29, 1.82) is 0 Å². The van der Waals surface area contributed by atoms with E-state index in [1.54, 1.807) is 31.4 Å². The first-order chi connectivity index (χ1) is 15.5. The summed E-state index contributed by atoms with van der Waals surface area (Å²) in [4.78, 5) is 34.0. The Bertz CT molecular complexity index is 1340. The quantitative estimate of drug-likeness (QED) is 0.345. The molecule has 5 rings (SSSR count). The van der Waals surface area contributed by atoms with Crippen molar-refractivity contribution in [2.24, 2.45) is 0 Å². The molecule has 4 aromatic rings. The number of oxazole rings is 1. The molecule has 32 heavy (non-hydrogen) atoms. The predicted molar refractivity (Wildman–Crippen MR) is 114 cm³/mol. The third kappa shape index (κ3) is 3.36. The zero-order valence-electron chi connectivity index (χ0n) is 17.0. The Labute approximate surface area is 180 Å². The van der Waals surface area contributed by atoms with Crippen LogP contribution in [0.5, 0.6) is 0 Å². The Morgan fingerprint density at radius 2 is 2.19 bits per heavy atom. The molecule has 0 unspecified atom stereocenters. The largest absolute Gasteiger partial charge is 0.427 e. The van der Waals surface area contributed by atoms with E-state index >= 15 is 0 Å². The lowest BCUT2D eigenvalue weighted by atomic mass is 9.89. The first kappa shape index (κ1) is 19.8. The average molecular weight is 436 g/mol. The fraction of sp³-hybridized carbons (Fsp3) is 0.250. The van der Waals surface area contributed by atoms with Crippen molar-refractivity contribution in [1.82, 2.24) is 29.5 Å². The molecule has 164 valence electrons. The average Bonchev–Trinajstić information content (AvgIpc) is 3.47. The van der Waals surface area contributed by atoms with Crippen molar-refractivity contribution in [3.8, 4) is 5.88 Å². The van der Waals surface area contributed by atoms with Gasteiger partial charge in [-0.05, 0) is 25.0 Å². The molecular formula is C20H20N8O4. The van der Waals surface area contributed by atoms with Crippen LogP contribution in [-0.2, 0) is 0 Å². The van der Waals surface area contributed by atoms with E-state index in [-0.39, 0.29) is 34.6 Å².